The average molecular weight is 362 g/mol. The summed E-state index contributed by atoms with van der Waals surface area (Å²) in [5, 5.41) is 2.07. The molecule has 0 radical (unpaired) electrons. The van der Waals surface area contributed by atoms with Crippen molar-refractivity contribution in [3.05, 3.63) is 56.2 Å². The van der Waals surface area contributed by atoms with Crippen LogP contribution in [0.25, 0.3) is 0 Å². The molecule has 2 heterocycles. The number of likely N-dealkylation sites (tertiary alicyclic amines) is 1. The van der Waals surface area contributed by atoms with Crippen LogP contribution in [0.3, 0.4) is 0 Å². The standard InChI is InChI=1S/C17H16BrNOS/c18-14-10-21-17-13-9-19(7-11-4-2-1-3-5-11)8-12(13)6-15(20)16(14)17/h1-5,10,12-13H,6-9H2. The molecule has 2 atom stereocenters. The molecule has 2 aliphatic rings. The van der Waals surface area contributed by atoms with Crippen molar-refractivity contribution in [1.29, 1.82) is 0 Å². The quantitative estimate of drug-likeness (QED) is 0.793. The van der Waals surface area contributed by atoms with E-state index >= 15 is 0 Å². The number of fused-ring (bicyclic) bond motifs is 3. The Kier molecular flexibility index (Phi) is 3.48. The zero-order valence-corrected chi connectivity index (χ0v) is 14.0. The minimum atomic E-state index is 0.320. The van der Waals surface area contributed by atoms with Crippen LogP contribution in [-0.2, 0) is 6.54 Å². The summed E-state index contributed by atoms with van der Waals surface area (Å²) in [6.07, 6.45) is 0.707. The molecule has 1 fully saturated rings. The van der Waals surface area contributed by atoms with E-state index in [0.29, 0.717) is 24.0 Å². The number of nitrogens with zero attached hydrogens (tertiary/aromatic N) is 1. The summed E-state index contributed by atoms with van der Waals surface area (Å²) in [7, 11) is 0. The van der Waals surface area contributed by atoms with E-state index in [4.69, 9.17) is 0 Å². The zero-order valence-electron chi connectivity index (χ0n) is 11.6. The fourth-order valence-corrected chi connectivity index (χ4v) is 5.65. The SMILES string of the molecule is O=C1CC2CN(Cc3ccccc3)CC2c2scc(Br)c21. The van der Waals surface area contributed by atoms with E-state index in [1.165, 1.54) is 10.4 Å². The number of thiophene rings is 1. The van der Waals surface area contributed by atoms with E-state index in [2.05, 4.69) is 56.5 Å². The molecule has 4 heteroatoms. The Morgan fingerprint density at radius 3 is 2.86 bits per heavy atom. The molecule has 1 aromatic heterocycles. The van der Waals surface area contributed by atoms with Crippen LogP contribution in [-0.4, -0.2) is 23.8 Å². The first kappa shape index (κ1) is 13.7. The van der Waals surface area contributed by atoms with Crippen LogP contribution in [0.15, 0.2) is 40.2 Å². The lowest BCUT2D eigenvalue weighted by atomic mass is 9.81. The van der Waals surface area contributed by atoms with Crippen LogP contribution in [0, 0.1) is 5.92 Å². The lowest BCUT2D eigenvalue weighted by Crippen LogP contribution is -2.22. The Bertz CT molecular complexity index is 681. The van der Waals surface area contributed by atoms with E-state index in [-0.39, 0.29) is 0 Å². The van der Waals surface area contributed by atoms with Gasteiger partial charge in [0.1, 0.15) is 0 Å². The maximum absolute atomic E-state index is 12.3. The number of hydrogen-bond donors (Lipinski definition) is 0. The van der Waals surface area contributed by atoms with Crippen molar-refractivity contribution in [2.75, 3.05) is 13.1 Å². The van der Waals surface area contributed by atoms with Crippen LogP contribution in [0.2, 0.25) is 0 Å². The van der Waals surface area contributed by atoms with Gasteiger partial charge in [-0.2, -0.15) is 0 Å². The Morgan fingerprint density at radius 2 is 2.05 bits per heavy atom. The van der Waals surface area contributed by atoms with Crippen molar-refractivity contribution in [3.8, 4) is 0 Å². The van der Waals surface area contributed by atoms with Gasteiger partial charge in [-0.25, -0.2) is 0 Å². The van der Waals surface area contributed by atoms with E-state index in [9.17, 15) is 4.79 Å². The molecule has 2 unspecified atom stereocenters. The third-order valence-corrected chi connectivity index (χ3v) is 6.65. The topological polar surface area (TPSA) is 20.3 Å². The number of rotatable bonds is 2. The molecule has 2 aromatic rings. The Morgan fingerprint density at radius 1 is 1.24 bits per heavy atom. The molecule has 0 bridgehead atoms. The first-order valence-corrected chi connectivity index (χ1v) is 8.96. The van der Waals surface area contributed by atoms with Crippen LogP contribution in [0.5, 0.6) is 0 Å². The third kappa shape index (κ3) is 2.39. The molecule has 0 spiro atoms. The smallest absolute Gasteiger partial charge is 0.165 e. The third-order valence-electron chi connectivity index (χ3n) is 4.60. The highest BCUT2D eigenvalue weighted by molar-refractivity contribution is 9.10. The molecule has 1 saturated heterocycles. The first-order chi connectivity index (χ1) is 10.2. The molecule has 0 amide bonds. The lowest BCUT2D eigenvalue weighted by Gasteiger charge is -2.23. The highest BCUT2D eigenvalue weighted by atomic mass is 79.9. The minimum absolute atomic E-state index is 0.320. The van der Waals surface area contributed by atoms with Crippen molar-refractivity contribution >= 4 is 33.0 Å². The largest absolute Gasteiger partial charge is 0.298 e. The second kappa shape index (κ2) is 5.34. The van der Waals surface area contributed by atoms with Gasteiger partial charge in [0, 0.05) is 52.3 Å². The summed E-state index contributed by atoms with van der Waals surface area (Å²) in [6.45, 7) is 3.11. The van der Waals surface area contributed by atoms with Crippen molar-refractivity contribution in [2.24, 2.45) is 5.92 Å². The molecule has 1 aliphatic heterocycles. The fraction of sp³-hybridized carbons (Fsp3) is 0.353. The van der Waals surface area contributed by atoms with Crippen LogP contribution >= 0.6 is 27.3 Å². The summed E-state index contributed by atoms with van der Waals surface area (Å²) in [5.41, 5.74) is 2.32. The molecule has 0 saturated carbocycles. The van der Waals surface area contributed by atoms with Gasteiger partial charge in [0.2, 0.25) is 0 Å². The zero-order chi connectivity index (χ0) is 14.4. The van der Waals surface area contributed by atoms with E-state index in [0.717, 1.165) is 29.7 Å². The Balaban J connectivity index is 1.57. The highest BCUT2D eigenvalue weighted by Crippen LogP contribution is 2.46. The number of ketones is 1. The Hall–Kier alpha value is -0.970. The number of halogens is 1. The van der Waals surface area contributed by atoms with Gasteiger partial charge in [0.15, 0.2) is 5.78 Å². The normalized spacial score (nSPS) is 24.9. The van der Waals surface area contributed by atoms with Gasteiger partial charge in [0.25, 0.3) is 0 Å². The molecule has 108 valence electrons. The van der Waals surface area contributed by atoms with Crippen LogP contribution < -0.4 is 0 Å². The first-order valence-electron chi connectivity index (χ1n) is 7.28. The van der Waals surface area contributed by atoms with Crippen molar-refractivity contribution in [3.63, 3.8) is 0 Å². The van der Waals surface area contributed by atoms with Gasteiger partial charge in [0.05, 0.1) is 0 Å². The number of hydrogen-bond acceptors (Lipinski definition) is 3. The molecular weight excluding hydrogens is 346 g/mol. The molecule has 21 heavy (non-hydrogen) atoms. The molecule has 4 rings (SSSR count). The van der Waals surface area contributed by atoms with Gasteiger partial charge in [-0.05, 0) is 27.4 Å². The van der Waals surface area contributed by atoms with Gasteiger partial charge in [-0.1, -0.05) is 30.3 Å². The van der Waals surface area contributed by atoms with Crippen molar-refractivity contribution in [2.45, 2.75) is 18.9 Å². The van der Waals surface area contributed by atoms with Crippen LogP contribution in [0.4, 0.5) is 0 Å². The second-order valence-corrected chi connectivity index (χ2v) is 7.76. The maximum atomic E-state index is 12.3. The Labute approximate surface area is 136 Å². The van der Waals surface area contributed by atoms with E-state index in [1.54, 1.807) is 11.3 Å². The molecule has 1 aliphatic carbocycles. The number of carbonyl (C=O) groups is 1. The molecule has 2 nitrogen and oxygen atoms in total. The van der Waals surface area contributed by atoms with Crippen molar-refractivity contribution < 1.29 is 4.79 Å². The van der Waals surface area contributed by atoms with Gasteiger partial charge < -0.3 is 0 Å². The molecular formula is C17H16BrNOS. The number of carbonyl (C=O) groups excluding carboxylic acids is 1. The summed E-state index contributed by atoms with van der Waals surface area (Å²) < 4.78 is 0.993. The summed E-state index contributed by atoms with van der Waals surface area (Å²) in [4.78, 5) is 16.1. The molecule has 1 aromatic carbocycles. The predicted molar refractivity (Wildman–Crippen MR) is 88.9 cm³/mol. The van der Waals surface area contributed by atoms with Gasteiger partial charge in [-0.3, -0.25) is 9.69 Å². The summed E-state index contributed by atoms with van der Waals surface area (Å²) >= 11 is 5.28. The lowest BCUT2D eigenvalue weighted by molar-refractivity contribution is 0.0947. The second-order valence-electron chi connectivity index (χ2n) is 6.00. The summed E-state index contributed by atoms with van der Waals surface area (Å²) in [5.74, 6) is 1.36. The molecule has 0 N–H and O–H groups in total. The number of benzene rings is 1. The van der Waals surface area contributed by atoms with Crippen molar-refractivity contribution in [1.82, 2.24) is 4.90 Å². The minimum Gasteiger partial charge on any atom is -0.298 e. The highest BCUT2D eigenvalue weighted by Gasteiger charge is 2.42. The fourth-order valence-electron chi connectivity index (χ4n) is 3.67. The van der Waals surface area contributed by atoms with E-state index in [1.807, 2.05) is 0 Å². The summed E-state index contributed by atoms with van der Waals surface area (Å²) in [6, 6.07) is 10.6. The predicted octanol–water partition coefficient (Wildman–Crippen LogP) is 4.31. The van der Waals surface area contributed by atoms with Gasteiger partial charge >= 0.3 is 0 Å². The maximum Gasteiger partial charge on any atom is 0.165 e. The van der Waals surface area contributed by atoms with Crippen LogP contribution in [0.1, 0.15) is 33.1 Å². The monoisotopic (exact) mass is 361 g/mol. The average Bonchev–Trinajstić information content (AvgIpc) is 3.04. The van der Waals surface area contributed by atoms with Gasteiger partial charge in [-0.15, -0.1) is 11.3 Å². The van der Waals surface area contributed by atoms with E-state index < -0.39 is 0 Å². The number of Topliss-reactive ketones (excluding diaryl/α,β-unsaturated/α-hetero) is 1.